The quantitative estimate of drug-likeness (QED) is 0.645. The van der Waals surface area contributed by atoms with Gasteiger partial charge < -0.3 is 5.32 Å². The van der Waals surface area contributed by atoms with Crippen LogP contribution in [0, 0.1) is 19.7 Å². The number of aromatic nitrogens is 2. The molecule has 1 fully saturated rings. The average molecular weight is 419 g/mol. The number of aryl methyl sites for hydroxylation is 2. The third-order valence-electron chi connectivity index (χ3n) is 5.81. The van der Waals surface area contributed by atoms with Crippen LogP contribution in [0.3, 0.4) is 0 Å². The number of hydrogen-bond acceptors (Lipinski definition) is 4. The number of nitrogens with one attached hydrogen (secondary N) is 1. The van der Waals surface area contributed by atoms with Gasteiger partial charge in [0.15, 0.2) is 0 Å². The molecule has 0 unspecified atom stereocenters. The molecule has 0 bridgehead atoms. The number of nitrogens with zero attached hydrogens (tertiary/aromatic N) is 3. The third-order valence-corrected chi connectivity index (χ3v) is 5.81. The fourth-order valence-corrected chi connectivity index (χ4v) is 4.15. The molecule has 1 aliphatic heterocycles. The molecule has 1 atom stereocenters. The van der Waals surface area contributed by atoms with Gasteiger partial charge in [-0.2, -0.15) is 0 Å². The van der Waals surface area contributed by atoms with Gasteiger partial charge in [0.1, 0.15) is 11.6 Å². The Balaban J connectivity index is 1.41. The van der Waals surface area contributed by atoms with Crippen molar-refractivity contribution < 1.29 is 9.18 Å². The lowest BCUT2D eigenvalue weighted by Crippen LogP contribution is -2.21. The van der Waals surface area contributed by atoms with Crippen LogP contribution < -0.4 is 5.32 Å². The van der Waals surface area contributed by atoms with Crippen LogP contribution in [0.4, 0.5) is 10.1 Å². The summed E-state index contributed by atoms with van der Waals surface area (Å²) in [5, 5.41) is 2.64. The third kappa shape index (κ3) is 5.14. The van der Waals surface area contributed by atoms with Gasteiger partial charge in [-0.05, 0) is 44.5 Å². The zero-order valence-corrected chi connectivity index (χ0v) is 17.9. The molecule has 0 aliphatic carbocycles. The van der Waals surface area contributed by atoms with Crippen molar-refractivity contribution in [3.05, 3.63) is 88.8 Å². The highest BCUT2D eigenvalue weighted by Crippen LogP contribution is 2.27. The van der Waals surface area contributed by atoms with Gasteiger partial charge in [-0.1, -0.05) is 42.5 Å². The summed E-state index contributed by atoms with van der Waals surface area (Å²) >= 11 is 0. The molecule has 0 saturated carbocycles. The first-order chi connectivity index (χ1) is 15.0. The summed E-state index contributed by atoms with van der Waals surface area (Å²) in [5.74, 6) is 0.422. The Kier molecular flexibility index (Phi) is 6.37. The number of carbonyl (C=O) groups excluding carboxylic acids is 1. The largest absolute Gasteiger partial charge is 0.323 e. The molecule has 3 aromatic rings. The molecule has 31 heavy (non-hydrogen) atoms. The van der Waals surface area contributed by atoms with Gasteiger partial charge >= 0.3 is 0 Å². The molecule has 0 spiro atoms. The monoisotopic (exact) mass is 418 g/mol. The number of rotatable bonds is 6. The lowest BCUT2D eigenvalue weighted by molar-refractivity contribution is -0.115. The van der Waals surface area contributed by atoms with Gasteiger partial charge in [-0.3, -0.25) is 9.69 Å². The Bertz CT molecular complexity index is 1050. The molecule has 1 saturated heterocycles. The van der Waals surface area contributed by atoms with Crippen LogP contribution in [0.15, 0.2) is 54.6 Å². The van der Waals surface area contributed by atoms with E-state index >= 15 is 0 Å². The van der Waals surface area contributed by atoms with Crippen molar-refractivity contribution in [1.29, 1.82) is 0 Å². The summed E-state index contributed by atoms with van der Waals surface area (Å²) in [6.07, 6.45) is 1.15. The van der Waals surface area contributed by atoms with Crippen LogP contribution in [0.1, 0.15) is 40.7 Å². The van der Waals surface area contributed by atoms with Crippen molar-refractivity contribution in [3.63, 3.8) is 0 Å². The highest BCUT2D eigenvalue weighted by molar-refractivity contribution is 5.92. The van der Waals surface area contributed by atoms with E-state index in [4.69, 9.17) is 9.97 Å². The van der Waals surface area contributed by atoms with Gasteiger partial charge in [-0.25, -0.2) is 14.4 Å². The lowest BCUT2D eigenvalue weighted by Gasteiger charge is -2.17. The van der Waals surface area contributed by atoms with Crippen molar-refractivity contribution in [2.24, 2.45) is 0 Å². The van der Waals surface area contributed by atoms with Crippen molar-refractivity contribution in [2.75, 3.05) is 18.4 Å². The topological polar surface area (TPSA) is 58.1 Å². The Hall–Kier alpha value is -3.12. The maximum Gasteiger partial charge on any atom is 0.229 e. The molecule has 2 heterocycles. The number of amides is 1. The van der Waals surface area contributed by atoms with Crippen molar-refractivity contribution in [1.82, 2.24) is 14.9 Å². The minimum Gasteiger partial charge on any atom is -0.323 e. The highest BCUT2D eigenvalue weighted by Gasteiger charge is 2.27. The Morgan fingerprint density at radius 2 is 1.74 bits per heavy atom. The van der Waals surface area contributed by atoms with E-state index in [1.807, 2.05) is 19.9 Å². The van der Waals surface area contributed by atoms with Crippen LogP contribution in [-0.2, 0) is 17.8 Å². The van der Waals surface area contributed by atoms with Crippen LogP contribution in [-0.4, -0.2) is 33.9 Å². The molecule has 6 heteroatoms. The molecule has 2 aromatic carbocycles. The van der Waals surface area contributed by atoms with E-state index in [1.54, 1.807) is 18.2 Å². The van der Waals surface area contributed by atoms with Gasteiger partial charge in [0.2, 0.25) is 5.91 Å². The number of anilines is 1. The molecule has 0 radical (unpaired) electrons. The van der Waals surface area contributed by atoms with E-state index < -0.39 is 5.82 Å². The van der Waals surface area contributed by atoms with Crippen molar-refractivity contribution in [3.8, 4) is 0 Å². The molecular formula is C25H27FN4O. The van der Waals surface area contributed by atoms with E-state index in [-0.39, 0.29) is 18.0 Å². The summed E-state index contributed by atoms with van der Waals surface area (Å²) in [6, 6.07) is 16.6. The predicted molar refractivity (Wildman–Crippen MR) is 119 cm³/mol. The normalized spacial score (nSPS) is 16.4. The summed E-state index contributed by atoms with van der Waals surface area (Å²) in [6.45, 7) is 6.72. The molecule has 1 aromatic heterocycles. The fourth-order valence-electron chi connectivity index (χ4n) is 4.15. The summed E-state index contributed by atoms with van der Waals surface area (Å²) in [7, 11) is 0. The van der Waals surface area contributed by atoms with Gasteiger partial charge in [0.25, 0.3) is 0 Å². The molecule has 4 rings (SSSR count). The number of halogens is 1. The van der Waals surface area contributed by atoms with Crippen molar-refractivity contribution >= 4 is 11.6 Å². The summed E-state index contributed by atoms with van der Waals surface area (Å²) in [4.78, 5) is 24.4. The first kappa shape index (κ1) is 21.1. The maximum absolute atomic E-state index is 13.8. The second-order valence-electron chi connectivity index (χ2n) is 8.14. The first-order valence-electron chi connectivity index (χ1n) is 10.6. The van der Waals surface area contributed by atoms with Gasteiger partial charge in [0.05, 0.1) is 12.1 Å². The van der Waals surface area contributed by atoms with Crippen LogP contribution in [0.5, 0.6) is 0 Å². The number of benzene rings is 2. The van der Waals surface area contributed by atoms with Crippen LogP contribution in [0.25, 0.3) is 0 Å². The molecule has 160 valence electrons. The molecule has 1 amide bonds. The molecule has 5 nitrogen and oxygen atoms in total. The SMILES string of the molecule is Cc1nc([C@@H]2CCN(Cc3ccccc3)C2)nc(C)c1CC(=O)Nc1ccccc1F. The van der Waals surface area contributed by atoms with Gasteiger partial charge in [0, 0.05) is 36.0 Å². The highest BCUT2D eigenvalue weighted by atomic mass is 19.1. The molecule has 1 aliphatic rings. The number of likely N-dealkylation sites (tertiary alicyclic amines) is 1. The van der Waals surface area contributed by atoms with E-state index in [9.17, 15) is 9.18 Å². The van der Waals surface area contributed by atoms with E-state index in [0.717, 1.165) is 48.8 Å². The second kappa shape index (κ2) is 9.35. The predicted octanol–water partition coefficient (Wildman–Crippen LogP) is 4.40. The van der Waals surface area contributed by atoms with E-state index in [1.165, 1.54) is 11.6 Å². The summed E-state index contributed by atoms with van der Waals surface area (Å²) < 4.78 is 13.8. The fraction of sp³-hybridized carbons (Fsp3) is 0.320. The second-order valence-corrected chi connectivity index (χ2v) is 8.14. The number of para-hydroxylation sites is 1. The lowest BCUT2D eigenvalue weighted by atomic mass is 10.0. The first-order valence-corrected chi connectivity index (χ1v) is 10.6. The van der Waals surface area contributed by atoms with E-state index in [0.29, 0.717) is 5.92 Å². The Morgan fingerprint density at radius 3 is 2.45 bits per heavy atom. The standard InChI is InChI=1S/C25H27FN4O/c1-17-21(14-24(31)29-23-11-7-6-10-22(23)26)18(2)28-25(27-17)20-12-13-30(16-20)15-19-8-4-3-5-9-19/h3-11,20H,12-16H2,1-2H3,(H,29,31)/t20-/m1/s1. The minimum absolute atomic E-state index is 0.122. The van der Waals surface area contributed by atoms with E-state index in [2.05, 4.69) is 34.5 Å². The molecular weight excluding hydrogens is 391 g/mol. The number of carbonyl (C=O) groups is 1. The summed E-state index contributed by atoms with van der Waals surface area (Å²) in [5.41, 5.74) is 3.93. The van der Waals surface area contributed by atoms with Gasteiger partial charge in [-0.15, -0.1) is 0 Å². The zero-order chi connectivity index (χ0) is 21.8. The minimum atomic E-state index is -0.447. The molecule has 1 N–H and O–H groups in total. The Labute approximate surface area is 182 Å². The average Bonchev–Trinajstić information content (AvgIpc) is 3.21. The number of hydrogen-bond donors (Lipinski definition) is 1. The van der Waals surface area contributed by atoms with Crippen molar-refractivity contribution in [2.45, 2.75) is 39.2 Å². The smallest absolute Gasteiger partial charge is 0.229 e. The van der Waals surface area contributed by atoms with Crippen LogP contribution in [0.2, 0.25) is 0 Å². The zero-order valence-electron chi connectivity index (χ0n) is 17.9. The maximum atomic E-state index is 13.8. The van der Waals surface area contributed by atoms with Crippen LogP contribution >= 0.6 is 0 Å². The Morgan fingerprint density at radius 1 is 1.06 bits per heavy atom.